The average Bonchev–Trinajstić information content (AvgIpc) is 2.18. The number of piperidine rings is 1. The van der Waals surface area contributed by atoms with Gasteiger partial charge in [-0.3, -0.25) is 4.79 Å². The number of rotatable bonds is 2. The summed E-state index contributed by atoms with van der Waals surface area (Å²) in [6, 6.07) is -1.15. The van der Waals surface area contributed by atoms with Crippen LogP contribution in [0.3, 0.4) is 0 Å². The zero-order valence-electron chi connectivity index (χ0n) is 8.82. The number of likely N-dealkylation sites (tertiary alicyclic amines) is 1. The molecule has 1 rings (SSSR count). The highest BCUT2D eigenvalue weighted by molar-refractivity contribution is 5.82. The molecule has 0 aromatic carbocycles. The molecule has 0 radical (unpaired) electrons. The number of amides is 2. The van der Waals surface area contributed by atoms with E-state index in [0.717, 1.165) is 18.4 Å². The van der Waals surface area contributed by atoms with Gasteiger partial charge in [-0.25, -0.2) is 4.79 Å². The Morgan fingerprint density at radius 2 is 2.00 bits per heavy atom. The highest BCUT2D eigenvalue weighted by Crippen LogP contribution is 2.13. The maximum Gasteiger partial charge on any atom is 0.325 e. The van der Waals surface area contributed by atoms with Crippen LogP contribution in [0.2, 0.25) is 0 Å². The average molecular weight is 212 g/mol. The van der Waals surface area contributed by atoms with Gasteiger partial charge in [0.25, 0.3) is 0 Å². The molecule has 15 heavy (non-hydrogen) atoms. The number of aliphatic carboxylic acids is 1. The van der Waals surface area contributed by atoms with Gasteiger partial charge in [0.1, 0.15) is 6.04 Å². The van der Waals surface area contributed by atoms with Crippen molar-refractivity contribution in [2.24, 2.45) is 0 Å². The second kappa shape index (κ2) is 4.82. The minimum absolute atomic E-state index is 0.308. The summed E-state index contributed by atoms with van der Waals surface area (Å²) in [6.45, 7) is 6.54. The largest absolute Gasteiger partial charge is 0.480 e. The van der Waals surface area contributed by atoms with Crippen LogP contribution in [0.25, 0.3) is 0 Å². The topological polar surface area (TPSA) is 69.6 Å². The number of urea groups is 1. The molecule has 1 heterocycles. The van der Waals surface area contributed by atoms with Crippen LogP contribution in [0.5, 0.6) is 0 Å². The van der Waals surface area contributed by atoms with E-state index in [4.69, 9.17) is 5.11 Å². The maximum absolute atomic E-state index is 11.5. The Hall–Kier alpha value is -1.52. The molecule has 84 valence electrons. The molecule has 5 nitrogen and oxygen atoms in total. The van der Waals surface area contributed by atoms with Crippen molar-refractivity contribution < 1.29 is 14.7 Å². The van der Waals surface area contributed by atoms with Gasteiger partial charge in [0.15, 0.2) is 0 Å². The van der Waals surface area contributed by atoms with Crippen molar-refractivity contribution in [2.45, 2.75) is 25.8 Å². The highest BCUT2D eigenvalue weighted by atomic mass is 16.4. The van der Waals surface area contributed by atoms with Crippen molar-refractivity contribution in [1.29, 1.82) is 0 Å². The van der Waals surface area contributed by atoms with Gasteiger partial charge in [0.05, 0.1) is 0 Å². The molecule has 0 saturated carbocycles. The molecule has 1 saturated heterocycles. The molecule has 0 unspecified atom stereocenters. The van der Waals surface area contributed by atoms with Crippen molar-refractivity contribution in [3.63, 3.8) is 0 Å². The molecule has 2 N–H and O–H groups in total. The van der Waals surface area contributed by atoms with E-state index in [1.165, 1.54) is 6.92 Å². The standard InChI is InChI=1S/C10H16N2O3/c1-7-3-5-12(6-4-7)10(15)11-8(2)9(13)14/h8H,1,3-6H2,2H3,(H,11,15)(H,13,14)/t8-/m0/s1. The Morgan fingerprint density at radius 3 is 2.47 bits per heavy atom. The number of carboxylic acid groups (broad SMARTS) is 1. The number of hydrogen-bond acceptors (Lipinski definition) is 2. The van der Waals surface area contributed by atoms with Gasteiger partial charge in [-0.05, 0) is 19.8 Å². The zero-order chi connectivity index (χ0) is 11.4. The van der Waals surface area contributed by atoms with Crippen LogP contribution in [-0.4, -0.2) is 41.1 Å². The van der Waals surface area contributed by atoms with E-state index in [9.17, 15) is 9.59 Å². The number of carbonyl (C=O) groups excluding carboxylic acids is 1. The fourth-order valence-corrected chi connectivity index (χ4v) is 1.36. The van der Waals surface area contributed by atoms with Crippen molar-refractivity contribution in [2.75, 3.05) is 13.1 Å². The molecular formula is C10H16N2O3. The smallest absolute Gasteiger partial charge is 0.325 e. The summed E-state index contributed by atoms with van der Waals surface area (Å²) in [4.78, 5) is 23.7. The van der Waals surface area contributed by atoms with Crippen molar-refractivity contribution in [3.05, 3.63) is 12.2 Å². The van der Waals surface area contributed by atoms with E-state index in [2.05, 4.69) is 11.9 Å². The van der Waals surface area contributed by atoms with Crippen molar-refractivity contribution >= 4 is 12.0 Å². The molecule has 5 heteroatoms. The summed E-state index contributed by atoms with van der Waals surface area (Å²) in [5.74, 6) is -1.02. The molecule has 0 spiro atoms. The molecular weight excluding hydrogens is 196 g/mol. The molecule has 0 aliphatic carbocycles. The van der Waals surface area contributed by atoms with Gasteiger partial charge in [-0.1, -0.05) is 12.2 Å². The molecule has 1 aliphatic heterocycles. The first-order valence-electron chi connectivity index (χ1n) is 4.95. The lowest BCUT2D eigenvalue weighted by molar-refractivity contribution is -0.138. The predicted molar refractivity (Wildman–Crippen MR) is 55.6 cm³/mol. The minimum Gasteiger partial charge on any atom is -0.480 e. The van der Waals surface area contributed by atoms with Crippen molar-refractivity contribution in [3.8, 4) is 0 Å². The van der Waals surface area contributed by atoms with Gasteiger partial charge < -0.3 is 15.3 Å². The molecule has 1 atom stereocenters. The van der Waals surface area contributed by atoms with E-state index in [0.29, 0.717) is 13.1 Å². The number of nitrogens with zero attached hydrogens (tertiary/aromatic N) is 1. The maximum atomic E-state index is 11.5. The normalized spacial score (nSPS) is 18.5. The highest BCUT2D eigenvalue weighted by Gasteiger charge is 2.21. The van der Waals surface area contributed by atoms with E-state index >= 15 is 0 Å². The fraction of sp³-hybridized carbons (Fsp3) is 0.600. The summed E-state index contributed by atoms with van der Waals surface area (Å²) in [7, 11) is 0. The van der Waals surface area contributed by atoms with Gasteiger partial charge in [-0.15, -0.1) is 0 Å². The Morgan fingerprint density at radius 1 is 1.47 bits per heavy atom. The van der Waals surface area contributed by atoms with Gasteiger partial charge in [0, 0.05) is 13.1 Å². The lowest BCUT2D eigenvalue weighted by atomic mass is 10.1. The van der Waals surface area contributed by atoms with Gasteiger partial charge in [0.2, 0.25) is 0 Å². The van der Waals surface area contributed by atoms with Crippen LogP contribution in [0.4, 0.5) is 4.79 Å². The Balaban J connectivity index is 2.40. The number of nitrogens with one attached hydrogen (secondary N) is 1. The summed E-state index contributed by atoms with van der Waals surface area (Å²) in [5.41, 5.74) is 1.14. The van der Waals surface area contributed by atoms with Crippen LogP contribution in [-0.2, 0) is 4.79 Å². The molecule has 0 bridgehead atoms. The van der Waals surface area contributed by atoms with E-state index in [-0.39, 0.29) is 6.03 Å². The van der Waals surface area contributed by atoms with Crippen LogP contribution in [0.15, 0.2) is 12.2 Å². The molecule has 1 aliphatic rings. The van der Waals surface area contributed by atoms with E-state index < -0.39 is 12.0 Å². The summed E-state index contributed by atoms with van der Waals surface area (Å²) >= 11 is 0. The predicted octanol–water partition coefficient (Wildman–Crippen LogP) is 0.821. The van der Waals surface area contributed by atoms with Crippen LogP contribution in [0, 0.1) is 0 Å². The Labute approximate surface area is 88.8 Å². The Kier molecular flexibility index (Phi) is 3.71. The first kappa shape index (κ1) is 11.6. The molecule has 0 aromatic rings. The summed E-state index contributed by atoms with van der Waals surface area (Å²) < 4.78 is 0. The van der Waals surface area contributed by atoms with E-state index in [1.807, 2.05) is 0 Å². The third-order valence-corrected chi connectivity index (χ3v) is 2.47. The number of hydrogen-bond donors (Lipinski definition) is 2. The van der Waals surface area contributed by atoms with Crippen LogP contribution >= 0.6 is 0 Å². The van der Waals surface area contributed by atoms with Crippen LogP contribution < -0.4 is 5.32 Å². The number of carboxylic acids is 1. The van der Waals surface area contributed by atoms with Crippen LogP contribution in [0.1, 0.15) is 19.8 Å². The van der Waals surface area contributed by atoms with E-state index in [1.54, 1.807) is 4.90 Å². The van der Waals surface area contributed by atoms with Crippen molar-refractivity contribution in [1.82, 2.24) is 10.2 Å². The first-order chi connectivity index (χ1) is 7.00. The zero-order valence-corrected chi connectivity index (χ0v) is 8.82. The second-order valence-corrected chi connectivity index (χ2v) is 3.75. The number of carbonyl (C=O) groups is 2. The molecule has 2 amide bonds. The Bertz CT molecular complexity index is 278. The lowest BCUT2D eigenvalue weighted by Gasteiger charge is -2.28. The second-order valence-electron chi connectivity index (χ2n) is 3.75. The molecule has 1 fully saturated rings. The lowest BCUT2D eigenvalue weighted by Crippen LogP contribution is -2.48. The van der Waals surface area contributed by atoms with Gasteiger partial charge in [-0.2, -0.15) is 0 Å². The fourth-order valence-electron chi connectivity index (χ4n) is 1.36. The third-order valence-electron chi connectivity index (χ3n) is 2.47. The molecule has 0 aromatic heterocycles. The summed E-state index contributed by atoms with van der Waals surface area (Å²) in [6.07, 6.45) is 1.60. The first-order valence-corrected chi connectivity index (χ1v) is 4.95. The monoisotopic (exact) mass is 212 g/mol. The third kappa shape index (κ3) is 3.27. The van der Waals surface area contributed by atoms with Gasteiger partial charge >= 0.3 is 12.0 Å². The SMILES string of the molecule is C=C1CCN(C(=O)N[C@@H](C)C(=O)O)CC1. The quantitative estimate of drug-likeness (QED) is 0.666. The minimum atomic E-state index is -1.02. The summed E-state index contributed by atoms with van der Waals surface area (Å²) in [5, 5.41) is 11.0.